The number of anilines is 1. The molecule has 0 atom stereocenters. The zero-order valence-electron chi connectivity index (χ0n) is 16.7. The normalized spacial score (nSPS) is 13.7. The molecular formula is C22H25ClN2O4. The number of rotatable bonds is 6. The quantitative estimate of drug-likeness (QED) is 0.745. The molecule has 7 heteroatoms. The number of piperidine rings is 1. The van der Waals surface area contributed by atoms with Crippen molar-refractivity contribution in [3.8, 4) is 11.5 Å². The number of benzene rings is 2. The number of amides is 2. The Morgan fingerprint density at radius 3 is 2.52 bits per heavy atom. The van der Waals surface area contributed by atoms with E-state index in [0.29, 0.717) is 39.9 Å². The molecule has 6 nitrogen and oxygen atoms in total. The number of likely N-dealkylation sites (tertiary alicyclic amines) is 1. The van der Waals surface area contributed by atoms with Gasteiger partial charge in [-0.2, -0.15) is 0 Å². The van der Waals surface area contributed by atoms with Crippen LogP contribution in [0.4, 0.5) is 5.69 Å². The molecule has 0 saturated carbocycles. The largest absolute Gasteiger partial charge is 0.493 e. The highest BCUT2D eigenvalue weighted by molar-refractivity contribution is 6.31. The Hall–Kier alpha value is -2.73. The summed E-state index contributed by atoms with van der Waals surface area (Å²) in [6, 6.07) is 9.87. The van der Waals surface area contributed by atoms with Crippen LogP contribution in [0.1, 0.15) is 46.9 Å². The fourth-order valence-electron chi connectivity index (χ4n) is 3.35. The number of ether oxygens (including phenoxy) is 2. The third kappa shape index (κ3) is 5.01. The van der Waals surface area contributed by atoms with Crippen LogP contribution in [-0.2, 0) is 0 Å². The molecule has 1 saturated heterocycles. The maximum atomic E-state index is 13.0. The molecule has 0 bridgehead atoms. The summed E-state index contributed by atoms with van der Waals surface area (Å²) in [5, 5.41) is 3.27. The van der Waals surface area contributed by atoms with Gasteiger partial charge in [0, 0.05) is 23.7 Å². The lowest BCUT2D eigenvalue weighted by atomic mass is 10.1. The Morgan fingerprint density at radius 1 is 1.07 bits per heavy atom. The summed E-state index contributed by atoms with van der Waals surface area (Å²) in [6.45, 7) is 3.76. The molecule has 1 fully saturated rings. The fraction of sp³-hybridized carbons (Fsp3) is 0.364. The van der Waals surface area contributed by atoms with Crippen LogP contribution in [0.3, 0.4) is 0 Å². The Kier molecular flexibility index (Phi) is 6.99. The molecule has 0 spiro atoms. The highest BCUT2D eigenvalue weighted by Gasteiger charge is 2.22. The zero-order valence-corrected chi connectivity index (χ0v) is 17.4. The maximum Gasteiger partial charge on any atom is 0.255 e. The Labute approximate surface area is 175 Å². The van der Waals surface area contributed by atoms with Gasteiger partial charge in [-0.3, -0.25) is 9.59 Å². The third-order valence-electron chi connectivity index (χ3n) is 4.83. The molecule has 0 unspecified atom stereocenters. The van der Waals surface area contributed by atoms with Crippen molar-refractivity contribution in [3.05, 3.63) is 52.5 Å². The summed E-state index contributed by atoms with van der Waals surface area (Å²) >= 11 is 6.13. The number of carbonyl (C=O) groups excluding carboxylic acids is 2. The summed E-state index contributed by atoms with van der Waals surface area (Å²) in [5.74, 6) is 0.579. The average molecular weight is 417 g/mol. The molecule has 0 aliphatic carbocycles. The lowest BCUT2D eigenvalue weighted by Crippen LogP contribution is -2.36. The molecule has 1 N–H and O–H groups in total. The van der Waals surface area contributed by atoms with Gasteiger partial charge in [-0.1, -0.05) is 11.6 Å². The first-order valence-corrected chi connectivity index (χ1v) is 10.1. The Bertz CT molecular complexity index is 894. The predicted octanol–water partition coefficient (Wildman–Crippen LogP) is 4.63. The van der Waals surface area contributed by atoms with E-state index in [1.807, 2.05) is 11.8 Å². The highest BCUT2D eigenvalue weighted by atomic mass is 35.5. The molecule has 1 heterocycles. The van der Waals surface area contributed by atoms with Crippen molar-refractivity contribution in [1.29, 1.82) is 0 Å². The monoisotopic (exact) mass is 416 g/mol. The minimum absolute atomic E-state index is 0.0959. The van der Waals surface area contributed by atoms with Crippen molar-refractivity contribution in [2.75, 3.05) is 32.1 Å². The van der Waals surface area contributed by atoms with Gasteiger partial charge >= 0.3 is 0 Å². The molecule has 0 aromatic heterocycles. The number of hydrogen-bond donors (Lipinski definition) is 1. The number of nitrogens with one attached hydrogen (secondary N) is 1. The van der Waals surface area contributed by atoms with Crippen LogP contribution in [0.5, 0.6) is 11.5 Å². The maximum absolute atomic E-state index is 13.0. The van der Waals surface area contributed by atoms with Gasteiger partial charge in [0.25, 0.3) is 11.8 Å². The van der Waals surface area contributed by atoms with Crippen LogP contribution in [0, 0.1) is 0 Å². The predicted molar refractivity (Wildman–Crippen MR) is 113 cm³/mol. The van der Waals surface area contributed by atoms with Crippen LogP contribution in [0.25, 0.3) is 0 Å². The van der Waals surface area contributed by atoms with Crippen LogP contribution >= 0.6 is 11.6 Å². The zero-order chi connectivity index (χ0) is 20.8. The van der Waals surface area contributed by atoms with E-state index >= 15 is 0 Å². The summed E-state index contributed by atoms with van der Waals surface area (Å²) in [4.78, 5) is 27.6. The van der Waals surface area contributed by atoms with Crippen molar-refractivity contribution in [1.82, 2.24) is 4.90 Å². The van der Waals surface area contributed by atoms with E-state index in [0.717, 1.165) is 32.4 Å². The van der Waals surface area contributed by atoms with Crippen LogP contribution in [-0.4, -0.2) is 43.5 Å². The van der Waals surface area contributed by atoms with Crippen LogP contribution < -0.4 is 14.8 Å². The topological polar surface area (TPSA) is 67.9 Å². The van der Waals surface area contributed by atoms with Crippen molar-refractivity contribution in [2.24, 2.45) is 0 Å². The van der Waals surface area contributed by atoms with E-state index in [1.165, 1.54) is 0 Å². The van der Waals surface area contributed by atoms with Gasteiger partial charge in [0.15, 0.2) is 11.5 Å². The summed E-state index contributed by atoms with van der Waals surface area (Å²) < 4.78 is 10.8. The van der Waals surface area contributed by atoms with Crippen molar-refractivity contribution >= 4 is 29.1 Å². The van der Waals surface area contributed by atoms with Crippen molar-refractivity contribution in [2.45, 2.75) is 26.2 Å². The lowest BCUT2D eigenvalue weighted by Gasteiger charge is -2.27. The van der Waals surface area contributed by atoms with Gasteiger partial charge < -0.3 is 19.7 Å². The molecule has 29 heavy (non-hydrogen) atoms. The molecule has 1 aliphatic rings. The van der Waals surface area contributed by atoms with Crippen molar-refractivity contribution in [3.63, 3.8) is 0 Å². The second kappa shape index (κ2) is 9.65. The molecule has 2 amide bonds. The smallest absolute Gasteiger partial charge is 0.255 e. The summed E-state index contributed by atoms with van der Waals surface area (Å²) in [6.07, 6.45) is 3.12. The van der Waals surface area contributed by atoms with Gasteiger partial charge in [-0.15, -0.1) is 0 Å². The minimum Gasteiger partial charge on any atom is -0.493 e. The summed E-state index contributed by atoms with van der Waals surface area (Å²) in [5.41, 5.74) is 1.22. The number of methoxy groups -OCH3 is 1. The van der Waals surface area contributed by atoms with E-state index in [9.17, 15) is 9.59 Å². The van der Waals surface area contributed by atoms with Gasteiger partial charge in [-0.25, -0.2) is 0 Å². The number of carbonyl (C=O) groups is 2. The van der Waals surface area contributed by atoms with Crippen molar-refractivity contribution < 1.29 is 19.1 Å². The molecule has 154 valence electrons. The van der Waals surface area contributed by atoms with Gasteiger partial charge in [0.1, 0.15) is 0 Å². The molecule has 3 rings (SSSR count). The van der Waals surface area contributed by atoms with E-state index < -0.39 is 0 Å². The van der Waals surface area contributed by atoms with Gasteiger partial charge in [-0.05, 0) is 62.6 Å². The van der Waals surface area contributed by atoms with E-state index in [1.54, 1.807) is 43.5 Å². The first-order valence-electron chi connectivity index (χ1n) is 9.74. The van der Waals surface area contributed by atoms with Crippen LogP contribution in [0.2, 0.25) is 5.02 Å². The standard InChI is InChI=1S/C22H25ClN2O4/c1-3-29-20-13-15(7-10-19(20)28-2)21(26)24-18-14-16(23)8-9-17(18)22(27)25-11-5-4-6-12-25/h7-10,13-14H,3-6,11-12H2,1-2H3,(H,24,26). The van der Waals surface area contributed by atoms with E-state index in [2.05, 4.69) is 5.32 Å². The number of halogens is 1. The molecule has 1 aliphatic heterocycles. The average Bonchev–Trinajstić information content (AvgIpc) is 2.74. The van der Waals surface area contributed by atoms with E-state index in [-0.39, 0.29) is 11.8 Å². The lowest BCUT2D eigenvalue weighted by molar-refractivity contribution is 0.0725. The molecular weight excluding hydrogens is 392 g/mol. The second-order valence-corrected chi connectivity index (χ2v) is 7.23. The molecule has 0 radical (unpaired) electrons. The van der Waals surface area contributed by atoms with E-state index in [4.69, 9.17) is 21.1 Å². The van der Waals surface area contributed by atoms with Gasteiger partial charge in [0.2, 0.25) is 0 Å². The minimum atomic E-state index is -0.358. The Morgan fingerprint density at radius 2 is 1.83 bits per heavy atom. The third-order valence-corrected chi connectivity index (χ3v) is 5.06. The highest BCUT2D eigenvalue weighted by Crippen LogP contribution is 2.29. The molecule has 2 aromatic carbocycles. The SMILES string of the molecule is CCOc1cc(C(=O)Nc2cc(Cl)ccc2C(=O)N2CCCCC2)ccc1OC. The first kappa shape index (κ1) is 21.0. The number of nitrogens with zero attached hydrogens (tertiary/aromatic N) is 1. The second-order valence-electron chi connectivity index (χ2n) is 6.80. The summed E-state index contributed by atoms with van der Waals surface area (Å²) in [7, 11) is 1.54. The first-order chi connectivity index (χ1) is 14.0. The Balaban J connectivity index is 1.85. The fourth-order valence-corrected chi connectivity index (χ4v) is 3.53. The van der Waals surface area contributed by atoms with Crippen LogP contribution in [0.15, 0.2) is 36.4 Å². The number of hydrogen-bond acceptors (Lipinski definition) is 4. The van der Waals surface area contributed by atoms with Gasteiger partial charge in [0.05, 0.1) is 25.0 Å². The molecule has 2 aromatic rings.